The van der Waals surface area contributed by atoms with Crippen molar-refractivity contribution in [2.45, 2.75) is 61.4 Å². The standard InChI is InChI=1S/C28H28O18/c1-41-12-3-2-8(4-14(12)44-28-22(36)18(32)20(34)24(46-28)26(39)40)13-7-11(30)16-10(29)5-9(6-15(16)43-13)42-27-21(35)17(31)19(33)23(45-27)25(37)38/h2-7,17-24,27-29,31-36H,1H3,(H,37,38)(H,39,40)/t17-,18-,19-,20-,21+,22+,23-,24-,27-,28-/m0/s1/i1D3. The normalized spacial score (nSPS) is 32.5. The average Bonchev–Trinajstić information content (AvgIpc) is 3.00. The van der Waals surface area contributed by atoms with E-state index in [1.165, 1.54) is 6.07 Å². The van der Waals surface area contributed by atoms with Crippen molar-refractivity contribution in [1.82, 2.24) is 0 Å². The van der Waals surface area contributed by atoms with Crippen LogP contribution >= 0.6 is 0 Å². The van der Waals surface area contributed by atoms with E-state index in [1.54, 1.807) is 0 Å². The molecule has 0 bridgehead atoms. The molecule has 0 aliphatic carbocycles. The Bertz CT molecular complexity index is 1790. The van der Waals surface area contributed by atoms with Crippen molar-refractivity contribution in [2.75, 3.05) is 7.04 Å². The lowest BCUT2D eigenvalue weighted by molar-refractivity contribution is -0.271. The molecule has 2 aliphatic heterocycles. The van der Waals surface area contributed by atoms with Gasteiger partial charge in [-0.05, 0) is 18.2 Å². The lowest BCUT2D eigenvalue weighted by Gasteiger charge is -2.38. The van der Waals surface area contributed by atoms with Gasteiger partial charge in [0, 0.05) is 23.8 Å². The first-order chi connectivity index (χ1) is 22.9. The Kier molecular flexibility index (Phi) is 7.98. The number of carbonyl (C=O) groups is 2. The minimum atomic E-state index is -3.05. The fourth-order valence-electron chi connectivity index (χ4n) is 4.85. The Hall–Kier alpha value is -4.53. The third kappa shape index (κ3) is 6.02. The van der Waals surface area contributed by atoms with Crippen molar-refractivity contribution >= 4 is 22.9 Å². The van der Waals surface area contributed by atoms with Crippen molar-refractivity contribution in [3.05, 3.63) is 46.6 Å². The van der Waals surface area contributed by atoms with Crippen LogP contribution in [0.4, 0.5) is 0 Å². The van der Waals surface area contributed by atoms with E-state index >= 15 is 0 Å². The third-order valence-corrected chi connectivity index (χ3v) is 7.24. The number of rotatable bonds is 8. The maximum absolute atomic E-state index is 13.1. The van der Waals surface area contributed by atoms with Gasteiger partial charge in [-0.15, -0.1) is 0 Å². The van der Waals surface area contributed by atoms with E-state index in [2.05, 4.69) is 0 Å². The Morgan fingerprint density at radius 3 is 1.91 bits per heavy atom. The first-order valence-electron chi connectivity index (χ1n) is 14.7. The molecule has 2 aliphatic rings. The van der Waals surface area contributed by atoms with E-state index in [9.17, 15) is 60.3 Å². The molecule has 248 valence electrons. The molecular formula is C28H28O18. The highest BCUT2D eigenvalue weighted by atomic mass is 16.7. The minimum absolute atomic E-state index is 0.0363. The fraction of sp³-hybridized carbons (Fsp3) is 0.393. The molecule has 0 unspecified atom stereocenters. The largest absolute Gasteiger partial charge is 0.507 e. The number of aromatic hydroxyl groups is 1. The summed E-state index contributed by atoms with van der Waals surface area (Å²) in [5.41, 5.74) is -1.21. The predicted molar refractivity (Wildman–Crippen MR) is 146 cm³/mol. The summed E-state index contributed by atoms with van der Waals surface area (Å²) in [5.74, 6) is -5.73. The molecule has 46 heavy (non-hydrogen) atoms. The molecule has 10 atom stereocenters. The van der Waals surface area contributed by atoms with Gasteiger partial charge in [-0.1, -0.05) is 0 Å². The van der Waals surface area contributed by atoms with Crippen molar-refractivity contribution in [1.29, 1.82) is 0 Å². The second-order valence-corrected chi connectivity index (χ2v) is 10.3. The van der Waals surface area contributed by atoms with Gasteiger partial charge < -0.3 is 74.1 Å². The SMILES string of the molecule is [2H]C([2H])([2H])Oc1ccc(-c2cc(=O)c3c(O)cc(O[C@H]4O[C@H](C(=O)O)[C@@H](O)[C@H](O)[C@H]4O)cc3o2)cc1O[C@H]1O[C@H](C(=O)O)[C@@H](O)[C@H](O)[C@H]1O. The third-order valence-electron chi connectivity index (χ3n) is 7.24. The number of phenolic OH excluding ortho intramolecular Hbond substituents is 1. The van der Waals surface area contributed by atoms with Crippen LogP contribution in [0.5, 0.6) is 23.0 Å². The van der Waals surface area contributed by atoms with Gasteiger partial charge in [-0.3, -0.25) is 4.79 Å². The quantitative estimate of drug-likeness (QED) is 0.123. The summed E-state index contributed by atoms with van der Waals surface area (Å²) in [6, 6.07) is 6.16. The number of hydrogen-bond donors (Lipinski definition) is 9. The van der Waals surface area contributed by atoms with Crippen molar-refractivity contribution in [3.8, 4) is 34.3 Å². The summed E-state index contributed by atoms with van der Waals surface area (Å²) in [5, 5.41) is 89.6. The number of carboxylic acids is 2. The van der Waals surface area contributed by atoms with Crippen LogP contribution in [0.1, 0.15) is 4.11 Å². The zero-order valence-electron chi connectivity index (χ0n) is 25.9. The molecule has 5 rings (SSSR count). The van der Waals surface area contributed by atoms with Gasteiger partial charge in [0.25, 0.3) is 0 Å². The molecule has 3 heterocycles. The molecule has 0 radical (unpaired) electrons. The van der Waals surface area contributed by atoms with E-state index in [4.69, 9.17) is 32.2 Å². The van der Waals surface area contributed by atoms with Crippen molar-refractivity contribution in [3.63, 3.8) is 0 Å². The zero-order valence-corrected chi connectivity index (χ0v) is 22.9. The lowest BCUT2D eigenvalue weighted by Crippen LogP contribution is -2.61. The van der Waals surface area contributed by atoms with E-state index in [1.807, 2.05) is 0 Å². The highest BCUT2D eigenvalue weighted by Gasteiger charge is 2.49. The molecular weight excluding hydrogens is 624 g/mol. The average molecular weight is 656 g/mol. The Morgan fingerprint density at radius 2 is 1.35 bits per heavy atom. The highest BCUT2D eigenvalue weighted by Crippen LogP contribution is 2.37. The van der Waals surface area contributed by atoms with Gasteiger partial charge in [0.15, 0.2) is 29.1 Å². The van der Waals surface area contributed by atoms with E-state index in [-0.39, 0.29) is 28.0 Å². The number of carboxylic acid groups (broad SMARTS) is 2. The summed E-state index contributed by atoms with van der Waals surface area (Å²) in [6.07, 6.45) is -20.1. The van der Waals surface area contributed by atoms with Gasteiger partial charge in [0.1, 0.15) is 64.9 Å². The summed E-state index contributed by atoms with van der Waals surface area (Å²) < 4.78 is 54.2. The van der Waals surface area contributed by atoms with Gasteiger partial charge in [-0.2, -0.15) is 0 Å². The molecule has 2 aromatic carbocycles. The molecule has 9 N–H and O–H groups in total. The summed E-state index contributed by atoms with van der Waals surface area (Å²) in [4.78, 5) is 36.0. The maximum Gasteiger partial charge on any atom is 0.335 e. The van der Waals surface area contributed by atoms with Gasteiger partial charge >= 0.3 is 11.9 Å². The van der Waals surface area contributed by atoms with E-state index in [0.29, 0.717) is 0 Å². The zero-order chi connectivity index (χ0) is 36.1. The van der Waals surface area contributed by atoms with Crippen LogP contribution in [0.15, 0.2) is 45.6 Å². The molecule has 18 nitrogen and oxygen atoms in total. The number of hydrogen-bond acceptors (Lipinski definition) is 16. The second-order valence-electron chi connectivity index (χ2n) is 10.3. The molecule has 2 fully saturated rings. The van der Waals surface area contributed by atoms with E-state index in [0.717, 1.165) is 30.3 Å². The molecule has 3 aromatic rings. The number of ether oxygens (including phenoxy) is 5. The fourth-order valence-corrected chi connectivity index (χ4v) is 4.85. The molecule has 18 heteroatoms. The summed E-state index contributed by atoms with van der Waals surface area (Å²) in [7, 11) is -3.05. The van der Waals surface area contributed by atoms with Crippen molar-refractivity contribution in [2.24, 2.45) is 0 Å². The molecule has 1 aromatic heterocycles. The maximum atomic E-state index is 13.1. The van der Waals surface area contributed by atoms with E-state index < -0.39 is 103 Å². The number of methoxy groups -OCH3 is 1. The topological polar surface area (TPSA) is 293 Å². The Balaban J connectivity index is 1.52. The summed E-state index contributed by atoms with van der Waals surface area (Å²) in [6.45, 7) is 0. The highest BCUT2D eigenvalue weighted by molar-refractivity contribution is 5.86. The van der Waals surface area contributed by atoms with Crippen LogP contribution in [0.2, 0.25) is 0 Å². The van der Waals surface area contributed by atoms with Gasteiger partial charge in [0.2, 0.25) is 12.6 Å². The number of fused-ring (bicyclic) bond motifs is 1. The number of benzene rings is 2. The van der Waals surface area contributed by atoms with Gasteiger partial charge in [-0.25, -0.2) is 9.59 Å². The first-order valence-corrected chi connectivity index (χ1v) is 13.2. The molecule has 0 saturated carbocycles. The van der Waals surface area contributed by atoms with Crippen LogP contribution in [-0.2, 0) is 19.1 Å². The number of aliphatic carboxylic acids is 2. The number of phenols is 1. The molecule has 0 spiro atoms. The van der Waals surface area contributed by atoms with Crippen molar-refractivity contribution < 1.29 is 87.8 Å². The Morgan fingerprint density at radius 1 is 0.761 bits per heavy atom. The smallest absolute Gasteiger partial charge is 0.335 e. The second kappa shape index (κ2) is 12.7. The molecule has 0 amide bonds. The van der Waals surface area contributed by atoms with Gasteiger partial charge in [0.05, 0.1) is 11.2 Å². The monoisotopic (exact) mass is 655 g/mol. The first kappa shape index (κ1) is 28.9. The predicted octanol–water partition coefficient (Wildman–Crippen LogP) is -2.28. The van der Waals surface area contributed by atoms with Crippen LogP contribution in [-0.4, -0.2) is 126 Å². The van der Waals surface area contributed by atoms with Crippen LogP contribution in [0.25, 0.3) is 22.3 Å². The minimum Gasteiger partial charge on any atom is -0.507 e. The van der Waals surface area contributed by atoms with Crippen LogP contribution in [0, 0.1) is 0 Å². The lowest BCUT2D eigenvalue weighted by atomic mass is 9.99. The summed E-state index contributed by atoms with van der Waals surface area (Å²) >= 11 is 0. The Labute approximate surface area is 260 Å². The van der Waals surface area contributed by atoms with Crippen LogP contribution in [0.3, 0.4) is 0 Å². The molecule has 2 saturated heterocycles. The number of aliphatic hydroxyl groups is 6. The van der Waals surface area contributed by atoms with Crippen LogP contribution < -0.4 is 19.6 Å². The number of aliphatic hydroxyl groups excluding tert-OH is 6.